The minimum Gasteiger partial charge on any atom is -0.392 e. The number of aliphatic hydroxyl groups is 1. The van der Waals surface area contributed by atoms with E-state index in [2.05, 4.69) is 5.32 Å². The normalized spacial score (nSPS) is 32.6. The molecule has 2 atom stereocenters. The van der Waals surface area contributed by atoms with E-state index >= 15 is 0 Å². The first-order valence-corrected chi connectivity index (χ1v) is 5.76. The van der Waals surface area contributed by atoms with Gasteiger partial charge in [-0.25, -0.2) is 0 Å². The molecule has 0 amide bonds. The third-order valence-electron chi connectivity index (χ3n) is 3.46. The monoisotopic (exact) mass is 199 g/mol. The maximum atomic E-state index is 9.19. The summed E-state index contributed by atoms with van der Waals surface area (Å²) in [4.78, 5) is 0. The first-order valence-electron chi connectivity index (χ1n) is 5.76. The summed E-state index contributed by atoms with van der Waals surface area (Å²) in [5.74, 6) is 0. The van der Waals surface area contributed by atoms with Gasteiger partial charge in [0.15, 0.2) is 0 Å². The second-order valence-corrected chi connectivity index (χ2v) is 4.83. The van der Waals surface area contributed by atoms with Crippen molar-refractivity contribution in [1.29, 1.82) is 0 Å². The molecular formula is C11H21NO2. The Bertz CT molecular complexity index is 190. The summed E-state index contributed by atoms with van der Waals surface area (Å²) < 4.78 is 5.84. The molecule has 1 aliphatic heterocycles. The number of hydrogen-bond acceptors (Lipinski definition) is 3. The molecule has 2 unspecified atom stereocenters. The van der Waals surface area contributed by atoms with Gasteiger partial charge >= 0.3 is 0 Å². The Hall–Kier alpha value is -0.120. The number of nitrogens with one attached hydrogen (secondary N) is 1. The number of aliphatic hydroxyl groups excluding tert-OH is 1. The standard InChI is InChI=1S/C11H21NO2/c1-9(13)8-12-10-3-6-14-11(7-10)4-2-5-11/h9-10,12-13H,2-8H2,1H3. The summed E-state index contributed by atoms with van der Waals surface area (Å²) in [6, 6.07) is 0.554. The van der Waals surface area contributed by atoms with Crippen molar-refractivity contribution in [1.82, 2.24) is 5.32 Å². The molecule has 1 saturated heterocycles. The van der Waals surface area contributed by atoms with Crippen molar-refractivity contribution in [2.45, 2.75) is 56.8 Å². The molecule has 3 nitrogen and oxygen atoms in total. The van der Waals surface area contributed by atoms with Gasteiger partial charge in [0, 0.05) is 19.2 Å². The SMILES string of the molecule is CC(O)CNC1CCOC2(CCC2)C1. The molecule has 1 aliphatic carbocycles. The van der Waals surface area contributed by atoms with Crippen LogP contribution in [0.2, 0.25) is 0 Å². The first kappa shape index (κ1) is 10.4. The van der Waals surface area contributed by atoms with Crippen LogP contribution < -0.4 is 5.32 Å². The summed E-state index contributed by atoms with van der Waals surface area (Å²) >= 11 is 0. The second kappa shape index (κ2) is 4.17. The van der Waals surface area contributed by atoms with Crippen molar-refractivity contribution in [3.8, 4) is 0 Å². The van der Waals surface area contributed by atoms with E-state index in [4.69, 9.17) is 4.74 Å². The van der Waals surface area contributed by atoms with Crippen LogP contribution in [0.3, 0.4) is 0 Å². The lowest BCUT2D eigenvalue weighted by Gasteiger charge is -2.47. The third-order valence-corrected chi connectivity index (χ3v) is 3.46. The van der Waals surface area contributed by atoms with Gasteiger partial charge in [0.05, 0.1) is 11.7 Å². The van der Waals surface area contributed by atoms with Crippen LogP contribution in [0.4, 0.5) is 0 Å². The summed E-state index contributed by atoms with van der Waals surface area (Å²) in [5, 5.41) is 12.6. The van der Waals surface area contributed by atoms with Gasteiger partial charge in [0.2, 0.25) is 0 Å². The Morgan fingerprint density at radius 1 is 1.57 bits per heavy atom. The lowest BCUT2D eigenvalue weighted by molar-refractivity contribution is -0.136. The maximum absolute atomic E-state index is 9.19. The molecule has 2 fully saturated rings. The highest BCUT2D eigenvalue weighted by Gasteiger charge is 2.42. The molecule has 2 aliphatic rings. The number of ether oxygens (including phenoxy) is 1. The van der Waals surface area contributed by atoms with Gasteiger partial charge in [-0.3, -0.25) is 0 Å². The van der Waals surface area contributed by atoms with Crippen LogP contribution in [0.1, 0.15) is 39.0 Å². The lowest BCUT2D eigenvalue weighted by Crippen LogP contribution is -2.51. The van der Waals surface area contributed by atoms with E-state index in [1.54, 1.807) is 0 Å². The summed E-state index contributed by atoms with van der Waals surface area (Å²) in [7, 11) is 0. The quantitative estimate of drug-likeness (QED) is 0.714. The maximum Gasteiger partial charge on any atom is 0.0697 e. The summed E-state index contributed by atoms with van der Waals surface area (Å²) in [6.45, 7) is 3.42. The molecule has 0 radical (unpaired) electrons. The van der Waals surface area contributed by atoms with Crippen LogP contribution >= 0.6 is 0 Å². The van der Waals surface area contributed by atoms with Crippen LogP contribution in [0.5, 0.6) is 0 Å². The van der Waals surface area contributed by atoms with Crippen LogP contribution in [0.15, 0.2) is 0 Å². The number of hydrogen-bond donors (Lipinski definition) is 2. The fraction of sp³-hybridized carbons (Fsp3) is 1.00. The van der Waals surface area contributed by atoms with Crippen LogP contribution in [-0.2, 0) is 4.74 Å². The molecule has 0 aromatic carbocycles. The lowest BCUT2D eigenvalue weighted by atomic mass is 9.74. The molecule has 14 heavy (non-hydrogen) atoms. The molecule has 3 heteroatoms. The molecule has 1 saturated carbocycles. The zero-order valence-corrected chi connectivity index (χ0v) is 8.96. The number of rotatable bonds is 3. The van der Waals surface area contributed by atoms with Crippen molar-refractivity contribution < 1.29 is 9.84 Å². The predicted octanol–water partition coefficient (Wildman–Crippen LogP) is 1.06. The molecule has 0 bridgehead atoms. The largest absolute Gasteiger partial charge is 0.392 e. The molecule has 0 aromatic rings. The zero-order chi connectivity index (χ0) is 10.0. The first-order chi connectivity index (χ1) is 6.70. The summed E-state index contributed by atoms with van der Waals surface area (Å²) in [6.07, 6.45) is 5.78. The average molecular weight is 199 g/mol. The fourth-order valence-corrected chi connectivity index (χ4v) is 2.46. The Morgan fingerprint density at radius 2 is 2.36 bits per heavy atom. The van der Waals surface area contributed by atoms with Crippen molar-refractivity contribution in [2.75, 3.05) is 13.2 Å². The van der Waals surface area contributed by atoms with E-state index in [0.717, 1.165) is 19.4 Å². The Kier molecular flexibility index (Phi) is 3.10. The Balaban J connectivity index is 1.76. The Morgan fingerprint density at radius 3 is 2.93 bits per heavy atom. The van der Waals surface area contributed by atoms with Crippen molar-refractivity contribution in [3.05, 3.63) is 0 Å². The fourth-order valence-electron chi connectivity index (χ4n) is 2.46. The predicted molar refractivity (Wildman–Crippen MR) is 55.2 cm³/mol. The van der Waals surface area contributed by atoms with E-state index in [0.29, 0.717) is 12.6 Å². The van der Waals surface area contributed by atoms with E-state index in [1.807, 2.05) is 6.92 Å². The molecule has 2 rings (SSSR count). The van der Waals surface area contributed by atoms with Crippen molar-refractivity contribution in [3.63, 3.8) is 0 Å². The van der Waals surface area contributed by atoms with Crippen LogP contribution in [0.25, 0.3) is 0 Å². The smallest absolute Gasteiger partial charge is 0.0697 e. The minimum absolute atomic E-state index is 0.217. The molecule has 1 spiro atoms. The van der Waals surface area contributed by atoms with Crippen molar-refractivity contribution in [2.24, 2.45) is 0 Å². The topological polar surface area (TPSA) is 41.5 Å². The molecule has 0 aromatic heterocycles. The van der Waals surface area contributed by atoms with E-state index in [-0.39, 0.29) is 11.7 Å². The zero-order valence-electron chi connectivity index (χ0n) is 8.96. The molecule has 1 heterocycles. The van der Waals surface area contributed by atoms with Crippen molar-refractivity contribution >= 4 is 0 Å². The van der Waals surface area contributed by atoms with Gasteiger partial charge < -0.3 is 15.2 Å². The molecule has 82 valence electrons. The van der Waals surface area contributed by atoms with Gasteiger partial charge in [-0.2, -0.15) is 0 Å². The van der Waals surface area contributed by atoms with E-state index < -0.39 is 0 Å². The van der Waals surface area contributed by atoms with Crippen LogP contribution in [0, 0.1) is 0 Å². The van der Waals surface area contributed by atoms with Crippen LogP contribution in [-0.4, -0.2) is 36.0 Å². The Labute approximate surface area is 85.8 Å². The van der Waals surface area contributed by atoms with Gasteiger partial charge in [0.25, 0.3) is 0 Å². The highest BCUT2D eigenvalue weighted by molar-refractivity contribution is 4.96. The molecular weight excluding hydrogens is 178 g/mol. The highest BCUT2D eigenvalue weighted by Crippen LogP contribution is 2.42. The van der Waals surface area contributed by atoms with Gasteiger partial charge in [-0.15, -0.1) is 0 Å². The molecule has 2 N–H and O–H groups in total. The van der Waals surface area contributed by atoms with Gasteiger partial charge in [-0.05, 0) is 39.0 Å². The van der Waals surface area contributed by atoms with Gasteiger partial charge in [-0.1, -0.05) is 0 Å². The summed E-state index contributed by atoms with van der Waals surface area (Å²) in [5.41, 5.74) is 0.217. The average Bonchev–Trinajstić information content (AvgIpc) is 2.13. The van der Waals surface area contributed by atoms with E-state index in [1.165, 1.54) is 19.3 Å². The van der Waals surface area contributed by atoms with Gasteiger partial charge in [0.1, 0.15) is 0 Å². The van der Waals surface area contributed by atoms with E-state index in [9.17, 15) is 5.11 Å². The third kappa shape index (κ3) is 2.27. The minimum atomic E-state index is -0.241. The second-order valence-electron chi connectivity index (χ2n) is 4.83. The highest BCUT2D eigenvalue weighted by atomic mass is 16.5.